The second-order valence-electron chi connectivity index (χ2n) is 16.5. The minimum absolute atomic E-state index is 0.0215. The number of nitrogens with one attached hydrogen (secondary N) is 3. The van der Waals surface area contributed by atoms with Gasteiger partial charge in [0.2, 0.25) is 21.8 Å². The number of fused-ring (bicyclic) bond motifs is 1. The first-order valence-corrected chi connectivity index (χ1v) is 20.3. The van der Waals surface area contributed by atoms with E-state index < -0.39 is 74.0 Å². The van der Waals surface area contributed by atoms with Crippen LogP contribution in [0.3, 0.4) is 0 Å². The highest BCUT2D eigenvalue weighted by Crippen LogP contribution is 2.37. The van der Waals surface area contributed by atoms with Crippen molar-refractivity contribution >= 4 is 39.5 Å². The molecule has 3 fully saturated rings. The van der Waals surface area contributed by atoms with Gasteiger partial charge in [-0.15, -0.1) is 0 Å². The van der Waals surface area contributed by atoms with Crippen molar-refractivity contribution in [1.82, 2.24) is 29.6 Å². The molecule has 16 heteroatoms. The molecule has 2 unspecified atom stereocenters. The van der Waals surface area contributed by atoms with Crippen LogP contribution in [0.2, 0.25) is 0 Å². The number of likely N-dealkylation sites (tertiary alicyclic amines) is 1. The molecule has 4 amide bonds. The van der Waals surface area contributed by atoms with Crippen molar-refractivity contribution in [3.05, 3.63) is 77.9 Å². The number of amides is 4. The van der Waals surface area contributed by atoms with E-state index in [0.717, 1.165) is 5.69 Å². The predicted octanol–water partition coefficient (Wildman–Crippen LogP) is 4.24. The molecular formula is C39H48FN7O7S. The summed E-state index contributed by atoms with van der Waals surface area (Å²) in [5.41, 5.74) is 0.384. The molecule has 0 spiro atoms. The topological polar surface area (TPSA) is 172 Å². The first-order valence-electron chi connectivity index (χ1n) is 18.8. The van der Waals surface area contributed by atoms with Crippen molar-refractivity contribution in [2.45, 2.75) is 108 Å². The molecule has 2 saturated carbocycles. The van der Waals surface area contributed by atoms with Crippen LogP contribution >= 0.6 is 0 Å². The summed E-state index contributed by atoms with van der Waals surface area (Å²) in [5.74, 6) is -2.25. The number of ether oxygens (including phenoxy) is 1. The summed E-state index contributed by atoms with van der Waals surface area (Å²) in [5, 5.41) is 9.88. The van der Waals surface area contributed by atoms with Gasteiger partial charge in [0.15, 0.2) is 0 Å². The van der Waals surface area contributed by atoms with E-state index in [-0.39, 0.29) is 44.8 Å². The van der Waals surface area contributed by atoms with Crippen molar-refractivity contribution < 1.29 is 36.7 Å². The molecule has 3 aromatic rings. The zero-order valence-corrected chi connectivity index (χ0v) is 32.3. The maximum Gasteiger partial charge on any atom is 0.410 e. The number of nitrogens with zero attached hydrogens (tertiary/aromatic N) is 4. The van der Waals surface area contributed by atoms with E-state index in [2.05, 4.69) is 20.5 Å². The van der Waals surface area contributed by atoms with Crippen molar-refractivity contribution in [3.63, 3.8) is 0 Å². The Morgan fingerprint density at radius 1 is 1.02 bits per heavy atom. The summed E-state index contributed by atoms with van der Waals surface area (Å²) in [6.07, 6.45) is 3.77. The fourth-order valence-electron chi connectivity index (χ4n) is 7.89. The van der Waals surface area contributed by atoms with Gasteiger partial charge in [0.25, 0.3) is 5.91 Å². The Morgan fingerprint density at radius 2 is 1.76 bits per heavy atom. The smallest absolute Gasteiger partial charge is 0.410 e. The minimum atomic E-state index is -3.90. The molecular weight excluding hydrogens is 730 g/mol. The van der Waals surface area contributed by atoms with E-state index >= 15 is 0 Å². The fraction of sp³-hybridized carbons (Fsp3) is 0.513. The lowest BCUT2D eigenvalue weighted by atomic mass is 9.85. The summed E-state index contributed by atoms with van der Waals surface area (Å²) < 4.78 is 50.0. The lowest BCUT2D eigenvalue weighted by Gasteiger charge is -2.37. The lowest BCUT2D eigenvalue weighted by Crippen LogP contribution is -2.62. The maximum absolute atomic E-state index is 14.7. The van der Waals surface area contributed by atoms with Crippen molar-refractivity contribution in [1.29, 1.82) is 0 Å². The SMILES string of the molecule is CC1CCC(NC(=O)[C@@H]2C[C@@H](OC(=O)N3Cc4cccc(F)c4C3)CN2C(=O)[C@@H](Nc2ccc(-n3cccn3)cc2)C(C)(C)C)(C(=O)NS(=O)(=O)C2CC2)C1. The van der Waals surface area contributed by atoms with Crippen LogP contribution in [0.25, 0.3) is 5.69 Å². The molecule has 2 aliphatic carbocycles. The number of aromatic nitrogens is 2. The second kappa shape index (κ2) is 14.6. The van der Waals surface area contributed by atoms with Crippen molar-refractivity contribution in [2.24, 2.45) is 11.3 Å². The summed E-state index contributed by atoms with van der Waals surface area (Å²) in [4.78, 5) is 59.2. The third-order valence-corrected chi connectivity index (χ3v) is 12.9. The van der Waals surface area contributed by atoms with E-state index in [4.69, 9.17) is 4.74 Å². The molecule has 2 aliphatic heterocycles. The van der Waals surface area contributed by atoms with Crippen LogP contribution in [0.15, 0.2) is 60.9 Å². The molecule has 4 aliphatic rings. The molecule has 0 radical (unpaired) electrons. The van der Waals surface area contributed by atoms with Crippen LogP contribution in [0.5, 0.6) is 0 Å². The fourth-order valence-corrected chi connectivity index (χ4v) is 9.27. The van der Waals surface area contributed by atoms with Gasteiger partial charge < -0.3 is 20.3 Å². The van der Waals surface area contributed by atoms with E-state index in [1.54, 1.807) is 23.0 Å². The van der Waals surface area contributed by atoms with Crippen LogP contribution < -0.4 is 15.4 Å². The first-order chi connectivity index (χ1) is 26.0. The molecule has 3 heterocycles. The Hall–Kier alpha value is -4.99. The molecule has 7 rings (SSSR count). The van der Waals surface area contributed by atoms with Gasteiger partial charge in [0, 0.05) is 36.6 Å². The minimum Gasteiger partial charge on any atom is -0.444 e. The van der Waals surface area contributed by atoms with Crippen molar-refractivity contribution in [2.75, 3.05) is 11.9 Å². The van der Waals surface area contributed by atoms with E-state index in [1.165, 1.54) is 15.9 Å². The molecule has 55 heavy (non-hydrogen) atoms. The monoisotopic (exact) mass is 777 g/mol. The highest BCUT2D eigenvalue weighted by atomic mass is 32.2. The Morgan fingerprint density at radius 3 is 2.38 bits per heavy atom. The number of rotatable bonds is 10. The van der Waals surface area contributed by atoms with Crippen LogP contribution in [0, 0.1) is 17.2 Å². The van der Waals surface area contributed by atoms with Crippen LogP contribution in [0.1, 0.15) is 77.3 Å². The van der Waals surface area contributed by atoms with E-state index in [1.807, 2.05) is 64.2 Å². The number of anilines is 1. The predicted molar refractivity (Wildman–Crippen MR) is 200 cm³/mol. The highest BCUT2D eigenvalue weighted by molar-refractivity contribution is 7.91. The van der Waals surface area contributed by atoms with Gasteiger partial charge >= 0.3 is 6.09 Å². The van der Waals surface area contributed by atoms with Crippen LogP contribution in [0.4, 0.5) is 14.9 Å². The molecule has 1 saturated heterocycles. The molecule has 3 N–H and O–H groups in total. The number of sulfonamides is 1. The lowest BCUT2D eigenvalue weighted by molar-refractivity contribution is -0.142. The number of carbonyl (C=O) groups is 4. The van der Waals surface area contributed by atoms with Gasteiger partial charge in [-0.3, -0.25) is 24.0 Å². The molecule has 2 aromatic carbocycles. The van der Waals surface area contributed by atoms with Crippen molar-refractivity contribution in [3.8, 4) is 5.69 Å². The molecule has 5 atom stereocenters. The van der Waals surface area contributed by atoms with E-state index in [9.17, 15) is 32.0 Å². The summed E-state index contributed by atoms with van der Waals surface area (Å²) in [6, 6.07) is 11.9. The molecule has 294 valence electrons. The molecule has 14 nitrogen and oxygen atoms in total. The normalized spacial score (nSPS) is 24.3. The molecule has 1 aromatic heterocycles. The summed E-state index contributed by atoms with van der Waals surface area (Å²) in [6.45, 7) is 7.68. The number of hydrogen-bond acceptors (Lipinski definition) is 9. The number of hydrogen-bond donors (Lipinski definition) is 3. The van der Waals surface area contributed by atoms with Gasteiger partial charge in [-0.05, 0) is 85.4 Å². The zero-order valence-electron chi connectivity index (χ0n) is 31.5. The van der Waals surface area contributed by atoms with Crippen LogP contribution in [-0.4, -0.2) is 87.3 Å². The van der Waals surface area contributed by atoms with Gasteiger partial charge in [-0.25, -0.2) is 22.3 Å². The van der Waals surface area contributed by atoms with Gasteiger partial charge in [-0.1, -0.05) is 39.8 Å². The van der Waals surface area contributed by atoms with Gasteiger partial charge in [0.1, 0.15) is 29.5 Å². The van der Waals surface area contributed by atoms with Gasteiger partial charge in [-0.2, -0.15) is 5.10 Å². The van der Waals surface area contributed by atoms with Gasteiger partial charge in [0.05, 0.1) is 24.0 Å². The van der Waals surface area contributed by atoms with E-state index in [0.29, 0.717) is 36.1 Å². The molecule has 0 bridgehead atoms. The Balaban J connectivity index is 1.14. The summed E-state index contributed by atoms with van der Waals surface area (Å²) in [7, 11) is -3.90. The largest absolute Gasteiger partial charge is 0.444 e. The second-order valence-corrected chi connectivity index (χ2v) is 18.5. The Kier molecular flexibility index (Phi) is 10.2. The Labute approximate surface area is 320 Å². The standard InChI is InChI=1S/C39H48FN7O7S/c1-24-15-16-39(20-24,36(50)44-55(52,53)29-13-14-29)43-34(48)32-19-28(54-37(51)45-21-25-7-5-8-31(40)30(25)23-45)22-46(32)35(49)33(38(2,3)4)42-26-9-11-27(12-10-26)47-18-6-17-41-47/h5-12,17-18,24,28-29,32-33,42H,13-16,19-23H2,1-4H3,(H,43,48)(H,44,50)/t24?,28-,32+,33-,39?/m1/s1. The first kappa shape index (κ1) is 38.3. The Bertz CT molecular complexity index is 2070. The maximum atomic E-state index is 14.7. The highest BCUT2D eigenvalue weighted by Gasteiger charge is 2.52. The number of halogens is 1. The third kappa shape index (κ3) is 8.05. The van der Waals surface area contributed by atoms with Crippen LogP contribution in [-0.2, 0) is 42.2 Å². The average Bonchev–Trinajstić information content (AvgIpc) is 3.46. The average molecular weight is 778 g/mol. The zero-order chi connectivity index (χ0) is 39.3. The quantitative estimate of drug-likeness (QED) is 0.272. The number of benzene rings is 2. The number of carbonyl (C=O) groups excluding carboxylic acids is 4. The summed E-state index contributed by atoms with van der Waals surface area (Å²) >= 11 is 0. The third-order valence-electron chi connectivity index (χ3n) is 11.1.